The van der Waals surface area contributed by atoms with Crippen LogP contribution in [-0.4, -0.2) is 30.1 Å². The number of carbonyl (C=O) groups is 1. The second-order valence-corrected chi connectivity index (χ2v) is 5.88. The lowest BCUT2D eigenvalue weighted by Crippen LogP contribution is -2.39. The molecule has 0 aromatic carbocycles. The molecule has 0 saturated heterocycles. The molecule has 2 N–H and O–H groups in total. The van der Waals surface area contributed by atoms with Gasteiger partial charge in [-0.15, -0.1) is 0 Å². The molecule has 1 aliphatic carbocycles. The average molecular weight is 318 g/mol. The maximum absolute atomic E-state index is 12.7. The Morgan fingerprint density at radius 1 is 1.50 bits per heavy atom. The third kappa shape index (κ3) is 5.07. The minimum atomic E-state index is -4.24. The zero-order chi connectivity index (χ0) is 16.9. The highest BCUT2D eigenvalue weighted by Gasteiger charge is 2.36. The van der Waals surface area contributed by atoms with E-state index in [4.69, 9.17) is 5.73 Å². The first kappa shape index (κ1) is 18.6. The SMILES string of the molecule is CCC(/C=C\C(C)N(C)C(=O)C1CC=C(N)CC1)C(F)(F)F. The Balaban J connectivity index is 2.64. The van der Waals surface area contributed by atoms with Crippen LogP contribution in [0.25, 0.3) is 0 Å². The largest absolute Gasteiger partial charge is 0.402 e. The molecule has 6 heteroatoms. The van der Waals surface area contributed by atoms with E-state index in [0.717, 1.165) is 11.8 Å². The van der Waals surface area contributed by atoms with Crippen LogP contribution in [0.15, 0.2) is 23.9 Å². The van der Waals surface area contributed by atoms with Gasteiger partial charge in [-0.1, -0.05) is 25.2 Å². The second kappa shape index (κ2) is 7.70. The van der Waals surface area contributed by atoms with E-state index in [-0.39, 0.29) is 24.3 Å². The average Bonchev–Trinajstić information content (AvgIpc) is 2.45. The van der Waals surface area contributed by atoms with Gasteiger partial charge in [0.2, 0.25) is 5.91 Å². The molecule has 1 amide bonds. The van der Waals surface area contributed by atoms with Crippen LogP contribution in [-0.2, 0) is 4.79 Å². The Morgan fingerprint density at radius 3 is 2.59 bits per heavy atom. The highest BCUT2D eigenvalue weighted by Crippen LogP contribution is 2.30. The number of nitrogens with two attached hydrogens (primary N) is 1. The number of likely N-dealkylation sites (N-methyl/N-ethyl adjacent to an activating group) is 1. The summed E-state index contributed by atoms with van der Waals surface area (Å²) in [6.07, 6.45) is 2.24. The molecule has 0 bridgehead atoms. The summed E-state index contributed by atoms with van der Waals surface area (Å²) in [4.78, 5) is 13.9. The van der Waals surface area contributed by atoms with Gasteiger partial charge in [0.25, 0.3) is 0 Å². The number of amides is 1. The summed E-state index contributed by atoms with van der Waals surface area (Å²) in [6, 6.07) is -0.368. The number of halogens is 3. The number of alkyl halides is 3. The molecular formula is C16H25F3N2O. The van der Waals surface area contributed by atoms with Gasteiger partial charge >= 0.3 is 6.18 Å². The van der Waals surface area contributed by atoms with Gasteiger partial charge in [-0.3, -0.25) is 4.79 Å². The summed E-state index contributed by atoms with van der Waals surface area (Å²) in [7, 11) is 1.63. The molecule has 22 heavy (non-hydrogen) atoms. The number of hydrogen-bond donors (Lipinski definition) is 1. The Morgan fingerprint density at radius 2 is 2.14 bits per heavy atom. The lowest BCUT2D eigenvalue weighted by molar-refractivity contribution is -0.161. The van der Waals surface area contributed by atoms with E-state index in [0.29, 0.717) is 19.3 Å². The van der Waals surface area contributed by atoms with Crippen molar-refractivity contribution in [2.24, 2.45) is 17.6 Å². The lowest BCUT2D eigenvalue weighted by Gasteiger charge is -2.29. The van der Waals surface area contributed by atoms with Gasteiger partial charge < -0.3 is 10.6 Å². The van der Waals surface area contributed by atoms with E-state index < -0.39 is 12.1 Å². The summed E-state index contributed by atoms with van der Waals surface area (Å²) in [6.45, 7) is 3.23. The van der Waals surface area contributed by atoms with Crippen LogP contribution in [0.1, 0.15) is 39.5 Å². The molecule has 0 spiro atoms. The van der Waals surface area contributed by atoms with Crippen LogP contribution < -0.4 is 5.73 Å². The van der Waals surface area contributed by atoms with Gasteiger partial charge in [-0.25, -0.2) is 0 Å². The third-order valence-electron chi connectivity index (χ3n) is 4.24. The predicted octanol–water partition coefficient (Wildman–Crippen LogP) is 3.62. The summed E-state index contributed by atoms with van der Waals surface area (Å²) in [5, 5.41) is 0. The monoisotopic (exact) mass is 318 g/mol. The van der Waals surface area contributed by atoms with E-state index in [1.165, 1.54) is 17.9 Å². The number of hydrogen-bond acceptors (Lipinski definition) is 2. The summed E-state index contributed by atoms with van der Waals surface area (Å²) < 4.78 is 38.1. The number of nitrogens with zero attached hydrogens (tertiary/aromatic N) is 1. The molecule has 3 atom stereocenters. The van der Waals surface area contributed by atoms with Crippen molar-refractivity contribution in [3.05, 3.63) is 23.9 Å². The minimum Gasteiger partial charge on any atom is -0.402 e. The molecule has 1 rings (SSSR count). The van der Waals surface area contributed by atoms with Crippen molar-refractivity contribution in [2.75, 3.05) is 7.05 Å². The zero-order valence-corrected chi connectivity index (χ0v) is 13.4. The number of rotatable bonds is 5. The first-order valence-electron chi connectivity index (χ1n) is 7.63. The summed E-state index contributed by atoms with van der Waals surface area (Å²) in [5.41, 5.74) is 6.49. The van der Waals surface area contributed by atoms with Gasteiger partial charge in [0, 0.05) is 24.7 Å². The second-order valence-electron chi connectivity index (χ2n) is 5.88. The van der Waals surface area contributed by atoms with Crippen LogP contribution in [0.3, 0.4) is 0 Å². The van der Waals surface area contributed by atoms with Gasteiger partial charge in [-0.2, -0.15) is 13.2 Å². The molecule has 0 radical (unpaired) electrons. The topological polar surface area (TPSA) is 46.3 Å². The molecule has 1 aliphatic rings. The molecule has 0 fully saturated rings. The smallest absolute Gasteiger partial charge is 0.395 e. The minimum absolute atomic E-state index is 0.00290. The molecule has 0 aliphatic heterocycles. The zero-order valence-electron chi connectivity index (χ0n) is 13.4. The molecule has 0 aromatic rings. The first-order chi connectivity index (χ1) is 10.2. The third-order valence-corrected chi connectivity index (χ3v) is 4.24. The summed E-state index contributed by atoms with van der Waals surface area (Å²) >= 11 is 0. The summed E-state index contributed by atoms with van der Waals surface area (Å²) in [5.74, 6) is -1.63. The first-order valence-corrected chi connectivity index (χ1v) is 7.63. The van der Waals surface area contributed by atoms with Crippen LogP contribution in [0, 0.1) is 11.8 Å². The lowest BCUT2D eigenvalue weighted by atomic mass is 9.91. The van der Waals surface area contributed by atoms with Crippen molar-refractivity contribution >= 4 is 5.91 Å². The molecule has 0 heterocycles. The molecular weight excluding hydrogens is 293 g/mol. The van der Waals surface area contributed by atoms with Gasteiger partial charge in [0.15, 0.2) is 0 Å². The van der Waals surface area contributed by atoms with Crippen molar-refractivity contribution < 1.29 is 18.0 Å². The van der Waals surface area contributed by atoms with Gasteiger partial charge in [0.05, 0.1) is 5.92 Å². The van der Waals surface area contributed by atoms with Crippen LogP contribution >= 0.6 is 0 Å². The van der Waals surface area contributed by atoms with Gasteiger partial charge in [0.1, 0.15) is 0 Å². The van der Waals surface area contributed by atoms with E-state index in [2.05, 4.69) is 0 Å². The Bertz CT molecular complexity index is 443. The fourth-order valence-electron chi connectivity index (χ4n) is 2.47. The van der Waals surface area contributed by atoms with Gasteiger partial charge in [-0.05, 0) is 32.6 Å². The van der Waals surface area contributed by atoms with Crippen molar-refractivity contribution in [3.8, 4) is 0 Å². The molecule has 126 valence electrons. The quantitative estimate of drug-likeness (QED) is 0.787. The molecule has 3 nitrogen and oxygen atoms in total. The highest BCUT2D eigenvalue weighted by molar-refractivity contribution is 5.79. The van der Waals surface area contributed by atoms with E-state index in [1.54, 1.807) is 14.0 Å². The predicted molar refractivity (Wildman–Crippen MR) is 80.8 cm³/mol. The number of carbonyl (C=O) groups excluding carboxylic acids is 1. The normalized spacial score (nSPS) is 22.3. The van der Waals surface area contributed by atoms with E-state index in [1.807, 2.05) is 6.08 Å². The van der Waals surface area contributed by atoms with Crippen LogP contribution in [0.5, 0.6) is 0 Å². The Kier molecular flexibility index (Phi) is 6.50. The van der Waals surface area contributed by atoms with Crippen molar-refractivity contribution in [2.45, 2.75) is 51.7 Å². The highest BCUT2D eigenvalue weighted by atomic mass is 19.4. The van der Waals surface area contributed by atoms with Crippen LogP contribution in [0.2, 0.25) is 0 Å². The van der Waals surface area contributed by atoms with E-state index in [9.17, 15) is 18.0 Å². The van der Waals surface area contributed by atoms with Crippen LogP contribution in [0.4, 0.5) is 13.2 Å². The Labute approximate surface area is 130 Å². The van der Waals surface area contributed by atoms with Crippen molar-refractivity contribution in [1.29, 1.82) is 0 Å². The van der Waals surface area contributed by atoms with E-state index >= 15 is 0 Å². The van der Waals surface area contributed by atoms with Crippen molar-refractivity contribution in [3.63, 3.8) is 0 Å². The molecule has 3 unspecified atom stereocenters. The number of allylic oxidation sites excluding steroid dienone is 3. The van der Waals surface area contributed by atoms with Crippen molar-refractivity contribution in [1.82, 2.24) is 4.90 Å². The standard InChI is InChI=1S/C16H25F3N2O/c1-4-13(16(17,18)19)8-5-11(2)21(3)15(22)12-6-9-14(20)10-7-12/h5,8-9,11-13H,4,6-7,10,20H2,1-3H3/b8-5-. The Hall–Kier alpha value is -1.46. The fraction of sp³-hybridized carbons (Fsp3) is 0.688. The fourth-order valence-corrected chi connectivity index (χ4v) is 2.47. The maximum atomic E-state index is 12.7. The molecule has 0 aromatic heterocycles. The maximum Gasteiger partial charge on any atom is 0.395 e. The molecule has 0 saturated carbocycles.